The first-order valence-corrected chi connectivity index (χ1v) is 7.78. The third kappa shape index (κ3) is 2.77. The Labute approximate surface area is 144 Å². The van der Waals surface area contributed by atoms with Gasteiger partial charge in [0.1, 0.15) is 18.0 Å². The lowest BCUT2D eigenvalue weighted by Crippen LogP contribution is -2.56. The number of esters is 1. The van der Waals surface area contributed by atoms with Gasteiger partial charge in [0.25, 0.3) is 6.29 Å². The summed E-state index contributed by atoms with van der Waals surface area (Å²) in [7, 11) is 0. The zero-order chi connectivity index (χ0) is 18.4. The van der Waals surface area contributed by atoms with Gasteiger partial charge < -0.3 is 18.9 Å². The first kappa shape index (κ1) is 17.1. The summed E-state index contributed by atoms with van der Waals surface area (Å²) < 4.78 is 21.4. The van der Waals surface area contributed by atoms with Crippen LogP contribution in [0.5, 0.6) is 5.75 Å². The minimum Gasteiger partial charge on any atom is -0.451 e. The van der Waals surface area contributed by atoms with Gasteiger partial charge in [-0.05, 0) is 26.8 Å². The topological polar surface area (TPSA) is 91.4 Å². The van der Waals surface area contributed by atoms with Crippen molar-refractivity contribution in [3.8, 4) is 5.75 Å². The molecule has 0 aromatic heterocycles. The Kier molecular flexibility index (Phi) is 3.85. The molecule has 3 rings (SSSR count). The Hall–Kier alpha value is -2.77. The zero-order valence-corrected chi connectivity index (χ0v) is 14.4. The van der Waals surface area contributed by atoms with Gasteiger partial charge in [-0.2, -0.15) is 4.90 Å². The second-order valence-corrected chi connectivity index (χ2v) is 6.85. The van der Waals surface area contributed by atoms with Gasteiger partial charge in [-0.3, -0.25) is 4.79 Å². The number of hydrogen-bond acceptors (Lipinski definition) is 7. The number of imide groups is 1. The van der Waals surface area contributed by atoms with E-state index in [0.717, 1.165) is 4.90 Å². The van der Waals surface area contributed by atoms with Crippen molar-refractivity contribution >= 4 is 18.2 Å². The molecular weight excluding hydrogens is 330 g/mol. The molecule has 1 fully saturated rings. The van der Waals surface area contributed by atoms with Crippen molar-refractivity contribution < 1.29 is 33.3 Å². The van der Waals surface area contributed by atoms with Gasteiger partial charge in [0.2, 0.25) is 0 Å². The highest BCUT2D eigenvalue weighted by atomic mass is 16.7. The van der Waals surface area contributed by atoms with Gasteiger partial charge in [-0.1, -0.05) is 18.2 Å². The standard InChI is InChI=1S/C17H19NO7/c1-10(19)23-13-17(11-7-5-6-8-12(11)24-13)9-22-14(20)18(17)15(21)25-16(2,3)4/h5-8,13H,9H2,1-4H3. The van der Waals surface area contributed by atoms with E-state index < -0.39 is 35.6 Å². The van der Waals surface area contributed by atoms with Crippen LogP contribution >= 0.6 is 0 Å². The van der Waals surface area contributed by atoms with Gasteiger partial charge in [-0.15, -0.1) is 0 Å². The molecule has 2 heterocycles. The molecule has 1 aromatic rings. The number of carbonyl (C=O) groups is 3. The van der Waals surface area contributed by atoms with Crippen molar-refractivity contribution in [2.75, 3.05) is 6.61 Å². The molecule has 2 atom stereocenters. The number of fused-ring (bicyclic) bond motifs is 2. The van der Waals surface area contributed by atoms with Crippen molar-refractivity contribution in [2.24, 2.45) is 0 Å². The van der Waals surface area contributed by atoms with Crippen LogP contribution in [0.15, 0.2) is 24.3 Å². The van der Waals surface area contributed by atoms with Crippen LogP contribution in [-0.4, -0.2) is 41.6 Å². The van der Waals surface area contributed by atoms with E-state index in [4.69, 9.17) is 18.9 Å². The highest BCUT2D eigenvalue weighted by molar-refractivity contribution is 5.91. The van der Waals surface area contributed by atoms with Crippen LogP contribution < -0.4 is 4.74 Å². The number of para-hydroxylation sites is 1. The molecule has 25 heavy (non-hydrogen) atoms. The molecule has 0 radical (unpaired) electrons. The highest BCUT2D eigenvalue weighted by Crippen LogP contribution is 2.49. The van der Waals surface area contributed by atoms with Crippen LogP contribution in [-0.2, 0) is 24.5 Å². The fraction of sp³-hybridized carbons (Fsp3) is 0.471. The van der Waals surface area contributed by atoms with Crippen molar-refractivity contribution in [3.05, 3.63) is 29.8 Å². The second kappa shape index (κ2) is 5.65. The normalized spacial score (nSPS) is 24.6. The molecule has 2 aliphatic heterocycles. The van der Waals surface area contributed by atoms with Crippen molar-refractivity contribution in [3.63, 3.8) is 0 Å². The average Bonchev–Trinajstić information content (AvgIpc) is 2.97. The molecular formula is C17H19NO7. The van der Waals surface area contributed by atoms with Gasteiger partial charge in [0, 0.05) is 12.5 Å². The number of hydrogen-bond donors (Lipinski definition) is 0. The maximum absolute atomic E-state index is 12.7. The SMILES string of the molecule is CC(=O)OC1Oc2ccccc2C12COC(=O)N2C(=O)OC(C)(C)C. The maximum atomic E-state index is 12.7. The average molecular weight is 349 g/mol. The number of benzene rings is 1. The molecule has 0 aliphatic carbocycles. The molecule has 2 aliphatic rings. The highest BCUT2D eigenvalue weighted by Gasteiger charge is 2.65. The summed E-state index contributed by atoms with van der Waals surface area (Å²) in [4.78, 5) is 37.3. The van der Waals surface area contributed by atoms with E-state index in [0.29, 0.717) is 11.3 Å². The molecule has 134 valence electrons. The first-order valence-electron chi connectivity index (χ1n) is 7.78. The monoisotopic (exact) mass is 349 g/mol. The summed E-state index contributed by atoms with van der Waals surface area (Å²) in [5.74, 6) is -0.207. The summed E-state index contributed by atoms with van der Waals surface area (Å²) in [5, 5.41) is 0. The maximum Gasteiger partial charge on any atom is 0.421 e. The summed E-state index contributed by atoms with van der Waals surface area (Å²) in [5.41, 5.74) is -1.74. The molecule has 8 heteroatoms. The summed E-state index contributed by atoms with van der Waals surface area (Å²) in [6, 6.07) is 6.82. The second-order valence-electron chi connectivity index (χ2n) is 6.85. The molecule has 2 amide bonds. The minimum atomic E-state index is -1.43. The Morgan fingerprint density at radius 3 is 2.60 bits per heavy atom. The van der Waals surface area contributed by atoms with E-state index in [1.54, 1.807) is 45.0 Å². The van der Waals surface area contributed by atoms with E-state index in [2.05, 4.69) is 0 Å². The van der Waals surface area contributed by atoms with Crippen LogP contribution in [0.3, 0.4) is 0 Å². The van der Waals surface area contributed by atoms with E-state index in [-0.39, 0.29) is 6.61 Å². The lowest BCUT2D eigenvalue weighted by molar-refractivity contribution is -0.175. The predicted octanol–water partition coefficient (Wildman–Crippen LogP) is 2.55. The Bertz CT molecular complexity index is 739. The molecule has 1 spiro atoms. The van der Waals surface area contributed by atoms with Crippen molar-refractivity contribution in [1.29, 1.82) is 0 Å². The number of carbonyl (C=O) groups excluding carboxylic acids is 3. The molecule has 2 unspecified atom stereocenters. The molecule has 0 saturated carbocycles. The fourth-order valence-electron chi connectivity index (χ4n) is 2.92. The van der Waals surface area contributed by atoms with Gasteiger partial charge in [0.15, 0.2) is 5.54 Å². The van der Waals surface area contributed by atoms with Gasteiger partial charge >= 0.3 is 18.2 Å². The summed E-state index contributed by atoms with van der Waals surface area (Å²) in [6.07, 6.45) is -3.00. The van der Waals surface area contributed by atoms with Crippen molar-refractivity contribution in [2.45, 2.75) is 45.1 Å². The Morgan fingerprint density at radius 2 is 1.96 bits per heavy atom. The molecule has 1 aromatic carbocycles. The van der Waals surface area contributed by atoms with Crippen LogP contribution in [0.1, 0.15) is 33.3 Å². The molecule has 8 nitrogen and oxygen atoms in total. The van der Waals surface area contributed by atoms with E-state index >= 15 is 0 Å². The molecule has 0 N–H and O–H groups in total. The Morgan fingerprint density at radius 1 is 1.28 bits per heavy atom. The summed E-state index contributed by atoms with van der Waals surface area (Å²) in [6.45, 7) is 6.06. The van der Waals surface area contributed by atoms with E-state index in [1.807, 2.05) is 0 Å². The smallest absolute Gasteiger partial charge is 0.421 e. The number of amides is 2. The lowest BCUT2D eigenvalue weighted by atomic mass is 9.90. The van der Waals surface area contributed by atoms with E-state index in [9.17, 15) is 14.4 Å². The largest absolute Gasteiger partial charge is 0.451 e. The van der Waals surface area contributed by atoms with E-state index in [1.165, 1.54) is 6.92 Å². The number of cyclic esters (lactones) is 1. The van der Waals surface area contributed by atoms with Crippen LogP contribution in [0.4, 0.5) is 9.59 Å². The number of nitrogens with zero attached hydrogens (tertiary/aromatic N) is 1. The van der Waals surface area contributed by atoms with Crippen molar-refractivity contribution in [1.82, 2.24) is 4.90 Å². The summed E-state index contributed by atoms with van der Waals surface area (Å²) >= 11 is 0. The third-order valence-corrected chi connectivity index (χ3v) is 3.82. The quantitative estimate of drug-likeness (QED) is 0.568. The fourth-order valence-corrected chi connectivity index (χ4v) is 2.92. The number of ether oxygens (including phenoxy) is 4. The van der Waals surface area contributed by atoms with Gasteiger partial charge in [-0.25, -0.2) is 9.59 Å². The lowest BCUT2D eigenvalue weighted by Gasteiger charge is -2.34. The van der Waals surface area contributed by atoms with Crippen LogP contribution in [0, 0.1) is 0 Å². The minimum absolute atomic E-state index is 0.208. The number of rotatable bonds is 1. The third-order valence-electron chi connectivity index (χ3n) is 3.82. The first-order chi connectivity index (χ1) is 11.6. The molecule has 1 saturated heterocycles. The van der Waals surface area contributed by atoms with Crippen LogP contribution in [0.2, 0.25) is 0 Å². The van der Waals surface area contributed by atoms with Crippen LogP contribution in [0.25, 0.3) is 0 Å². The van der Waals surface area contributed by atoms with Gasteiger partial charge in [0.05, 0.1) is 0 Å². The zero-order valence-electron chi connectivity index (χ0n) is 14.4. The molecule has 0 bridgehead atoms. The predicted molar refractivity (Wildman–Crippen MR) is 83.7 cm³/mol. The Balaban J connectivity index is 2.09.